The van der Waals surface area contributed by atoms with E-state index in [-0.39, 0.29) is 24.9 Å². The van der Waals surface area contributed by atoms with E-state index >= 15 is 0 Å². The van der Waals surface area contributed by atoms with Gasteiger partial charge >= 0.3 is 0 Å². The van der Waals surface area contributed by atoms with Crippen molar-refractivity contribution in [1.29, 1.82) is 0 Å². The summed E-state index contributed by atoms with van der Waals surface area (Å²) in [5.41, 5.74) is 0.903. The third-order valence-electron chi connectivity index (χ3n) is 4.70. The molecule has 0 aliphatic heterocycles. The monoisotopic (exact) mass is 463 g/mol. The highest BCUT2D eigenvalue weighted by Crippen LogP contribution is 2.03. The Balaban J connectivity index is 2.29. The summed E-state index contributed by atoms with van der Waals surface area (Å²) in [6.07, 6.45) is 2.44. The van der Waals surface area contributed by atoms with E-state index in [4.69, 9.17) is 5.11 Å². The highest BCUT2D eigenvalue weighted by atomic mass is 16.3. The van der Waals surface area contributed by atoms with E-state index in [1.807, 2.05) is 30.3 Å². The second-order valence-electron chi connectivity index (χ2n) is 7.70. The SMILES string of the molecule is CCNC(=O)C(Cc1ccccc1)NC(=O)CNC(=O)CNC(=O)CCCCCNC(C)O. The predicted octanol–water partition coefficient (Wildman–Crippen LogP) is -0.429. The molecule has 184 valence electrons. The number of carbonyl (C=O) groups excluding carboxylic acids is 4. The summed E-state index contributed by atoms with van der Waals surface area (Å²) < 4.78 is 0. The molecule has 10 heteroatoms. The molecule has 2 unspecified atom stereocenters. The molecule has 1 aromatic carbocycles. The van der Waals surface area contributed by atoms with Crippen molar-refractivity contribution in [3.05, 3.63) is 35.9 Å². The summed E-state index contributed by atoms with van der Waals surface area (Å²) >= 11 is 0. The normalized spacial score (nSPS) is 12.3. The van der Waals surface area contributed by atoms with Crippen LogP contribution in [0.15, 0.2) is 30.3 Å². The summed E-state index contributed by atoms with van der Waals surface area (Å²) in [5.74, 6) is -1.52. The van der Waals surface area contributed by atoms with E-state index in [1.54, 1.807) is 13.8 Å². The van der Waals surface area contributed by atoms with Crippen LogP contribution in [0.5, 0.6) is 0 Å². The van der Waals surface area contributed by atoms with Gasteiger partial charge in [-0.15, -0.1) is 0 Å². The molecule has 0 aliphatic rings. The van der Waals surface area contributed by atoms with Crippen LogP contribution in [0.2, 0.25) is 0 Å². The van der Waals surface area contributed by atoms with Gasteiger partial charge in [0.05, 0.1) is 13.1 Å². The Hall–Kier alpha value is -2.98. The number of hydrogen-bond donors (Lipinski definition) is 6. The minimum absolute atomic E-state index is 0.223. The summed E-state index contributed by atoms with van der Waals surface area (Å²) in [6, 6.07) is 8.57. The van der Waals surface area contributed by atoms with Gasteiger partial charge in [0.1, 0.15) is 12.3 Å². The fourth-order valence-electron chi connectivity index (χ4n) is 3.01. The van der Waals surface area contributed by atoms with Gasteiger partial charge in [0.2, 0.25) is 23.6 Å². The van der Waals surface area contributed by atoms with Gasteiger partial charge in [-0.05, 0) is 38.8 Å². The van der Waals surface area contributed by atoms with E-state index in [9.17, 15) is 19.2 Å². The maximum atomic E-state index is 12.3. The maximum Gasteiger partial charge on any atom is 0.242 e. The van der Waals surface area contributed by atoms with Crippen molar-refractivity contribution in [2.24, 2.45) is 0 Å². The van der Waals surface area contributed by atoms with E-state index in [0.29, 0.717) is 32.4 Å². The molecule has 33 heavy (non-hydrogen) atoms. The summed E-state index contributed by atoms with van der Waals surface area (Å²) in [4.78, 5) is 48.3. The van der Waals surface area contributed by atoms with Gasteiger partial charge in [-0.3, -0.25) is 24.5 Å². The molecule has 1 rings (SSSR count). The van der Waals surface area contributed by atoms with Crippen LogP contribution in [0.4, 0.5) is 0 Å². The third kappa shape index (κ3) is 13.9. The van der Waals surface area contributed by atoms with Crippen LogP contribution in [0.1, 0.15) is 45.1 Å². The summed E-state index contributed by atoms with van der Waals surface area (Å²) in [6.45, 7) is 4.04. The molecule has 0 spiro atoms. The van der Waals surface area contributed by atoms with Gasteiger partial charge in [-0.2, -0.15) is 0 Å². The van der Waals surface area contributed by atoms with Crippen molar-refractivity contribution in [3.63, 3.8) is 0 Å². The van der Waals surface area contributed by atoms with E-state index in [1.165, 1.54) is 0 Å². The standard InChI is InChI=1S/C23H37N5O5/c1-3-24-23(33)19(14-18-10-6-4-7-11-18)28-22(32)16-27-21(31)15-26-20(30)12-8-5-9-13-25-17(2)29/h4,6-7,10-11,17,19,25,29H,3,5,8-9,12-16H2,1-2H3,(H,24,33)(H,26,30)(H,27,31)(H,28,32). The van der Waals surface area contributed by atoms with Gasteiger partial charge < -0.3 is 26.4 Å². The molecule has 0 aliphatic carbocycles. The number of rotatable bonds is 16. The Morgan fingerprint density at radius 1 is 0.879 bits per heavy atom. The molecule has 0 saturated carbocycles. The molecule has 4 amide bonds. The smallest absolute Gasteiger partial charge is 0.242 e. The largest absolute Gasteiger partial charge is 0.379 e. The van der Waals surface area contributed by atoms with Gasteiger partial charge in [0, 0.05) is 19.4 Å². The topological polar surface area (TPSA) is 149 Å². The maximum absolute atomic E-state index is 12.3. The molecule has 10 nitrogen and oxygen atoms in total. The average molecular weight is 464 g/mol. The molecule has 0 fully saturated rings. The fourth-order valence-corrected chi connectivity index (χ4v) is 3.01. The predicted molar refractivity (Wildman–Crippen MR) is 125 cm³/mol. The van der Waals surface area contributed by atoms with E-state index in [2.05, 4.69) is 26.6 Å². The Labute approximate surface area is 195 Å². The molecular weight excluding hydrogens is 426 g/mol. The number of benzene rings is 1. The quantitative estimate of drug-likeness (QED) is 0.145. The van der Waals surface area contributed by atoms with Crippen LogP contribution in [-0.4, -0.2) is 67.2 Å². The number of hydrogen-bond acceptors (Lipinski definition) is 6. The van der Waals surface area contributed by atoms with Gasteiger partial charge in [-0.1, -0.05) is 36.8 Å². The fraction of sp³-hybridized carbons (Fsp3) is 0.565. The second-order valence-corrected chi connectivity index (χ2v) is 7.70. The lowest BCUT2D eigenvalue weighted by Gasteiger charge is -2.18. The Kier molecular flexibility index (Phi) is 14.1. The number of unbranched alkanes of at least 4 members (excludes halogenated alkanes) is 2. The minimum atomic E-state index is -0.757. The lowest BCUT2D eigenvalue weighted by Crippen LogP contribution is -2.51. The minimum Gasteiger partial charge on any atom is -0.379 e. The first-order valence-electron chi connectivity index (χ1n) is 11.4. The van der Waals surface area contributed by atoms with Crippen molar-refractivity contribution in [2.45, 2.75) is 58.2 Å². The summed E-state index contributed by atoms with van der Waals surface area (Å²) in [7, 11) is 0. The average Bonchev–Trinajstić information content (AvgIpc) is 2.78. The lowest BCUT2D eigenvalue weighted by molar-refractivity contribution is -0.130. The molecule has 0 saturated heterocycles. The highest BCUT2D eigenvalue weighted by Gasteiger charge is 2.21. The van der Waals surface area contributed by atoms with Crippen LogP contribution in [-0.2, 0) is 25.6 Å². The van der Waals surface area contributed by atoms with Crippen molar-refractivity contribution >= 4 is 23.6 Å². The molecule has 6 N–H and O–H groups in total. The van der Waals surface area contributed by atoms with Gasteiger partial charge in [-0.25, -0.2) is 0 Å². The lowest BCUT2D eigenvalue weighted by atomic mass is 10.1. The number of aliphatic hydroxyl groups is 1. The van der Waals surface area contributed by atoms with Crippen LogP contribution in [0.25, 0.3) is 0 Å². The number of likely N-dealkylation sites (N-methyl/N-ethyl adjacent to an activating group) is 1. The first-order valence-corrected chi connectivity index (χ1v) is 11.4. The first-order chi connectivity index (χ1) is 15.8. The second kappa shape index (κ2) is 16.6. The first kappa shape index (κ1) is 28.1. The third-order valence-corrected chi connectivity index (χ3v) is 4.70. The molecule has 1 aromatic rings. The van der Waals surface area contributed by atoms with Crippen molar-refractivity contribution in [1.82, 2.24) is 26.6 Å². The number of nitrogens with one attached hydrogen (secondary N) is 5. The van der Waals surface area contributed by atoms with Crippen LogP contribution in [0, 0.1) is 0 Å². The number of aliphatic hydroxyl groups excluding tert-OH is 1. The van der Waals surface area contributed by atoms with Crippen molar-refractivity contribution in [2.75, 3.05) is 26.2 Å². The van der Waals surface area contributed by atoms with Gasteiger partial charge in [0.25, 0.3) is 0 Å². The highest BCUT2D eigenvalue weighted by molar-refractivity contribution is 5.91. The number of amides is 4. The Morgan fingerprint density at radius 2 is 1.55 bits per heavy atom. The molecule has 0 heterocycles. The molecule has 2 atom stereocenters. The zero-order chi connectivity index (χ0) is 24.5. The van der Waals surface area contributed by atoms with Crippen LogP contribution < -0.4 is 26.6 Å². The number of carbonyl (C=O) groups is 4. The zero-order valence-corrected chi connectivity index (χ0v) is 19.5. The Morgan fingerprint density at radius 3 is 2.21 bits per heavy atom. The van der Waals surface area contributed by atoms with E-state index in [0.717, 1.165) is 18.4 Å². The molecule has 0 bridgehead atoms. The molecule has 0 radical (unpaired) electrons. The Bertz CT molecular complexity index is 742. The van der Waals surface area contributed by atoms with Gasteiger partial charge in [0.15, 0.2) is 0 Å². The zero-order valence-electron chi connectivity index (χ0n) is 19.5. The summed E-state index contributed by atoms with van der Waals surface area (Å²) in [5, 5.41) is 22.3. The van der Waals surface area contributed by atoms with Crippen molar-refractivity contribution < 1.29 is 24.3 Å². The molecule has 0 aromatic heterocycles. The van der Waals surface area contributed by atoms with Crippen LogP contribution >= 0.6 is 0 Å². The van der Waals surface area contributed by atoms with Crippen molar-refractivity contribution in [3.8, 4) is 0 Å². The van der Waals surface area contributed by atoms with Crippen LogP contribution in [0.3, 0.4) is 0 Å². The molecular formula is C23H37N5O5. The van der Waals surface area contributed by atoms with E-state index < -0.39 is 24.1 Å².